The molecule has 2 amide bonds. The maximum atomic E-state index is 12.8. The van der Waals surface area contributed by atoms with Gasteiger partial charge in [-0.15, -0.1) is 0 Å². The summed E-state index contributed by atoms with van der Waals surface area (Å²) in [6.07, 6.45) is -1.71. The van der Waals surface area contributed by atoms with Crippen molar-refractivity contribution in [2.45, 2.75) is 32.9 Å². The van der Waals surface area contributed by atoms with E-state index in [-0.39, 0.29) is 19.1 Å². The minimum atomic E-state index is -1.71. The number of ether oxygens (including phenoxy) is 1. The Morgan fingerprint density at radius 2 is 1.92 bits per heavy atom. The number of nitrogens with zero attached hydrogens (tertiary/aromatic N) is 2. The fourth-order valence-corrected chi connectivity index (χ4v) is 2.75. The van der Waals surface area contributed by atoms with Gasteiger partial charge in [-0.05, 0) is 26.0 Å². The number of aliphatic hydroxyl groups excluding tert-OH is 1. The molecule has 0 spiro atoms. The van der Waals surface area contributed by atoms with Crippen LogP contribution in [0.2, 0.25) is 0 Å². The average molecular weight is 334 g/mol. The van der Waals surface area contributed by atoms with Crippen LogP contribution in [0.3, 0.4) is 0 Å². The van der Waals surface area contributed by atoms with Gasteiger partial charge in [-0.25, -0.2) is 4.79 Å². The number of aliphatic hydroxyl groups is 1. The van der Waals surface area contributed by atoms with Gasteiger partial charge in [-0.2, -0.15) is 0 Å². The lowest BCUT2D eigenvalue weighted by Crippen LogP contribution is -2.64. The van der Waals surface area contributed by atoms with Crippen molar-refractivity contribution >= 4 is 23.5 Å². The van der Waals surface area contributed by atoms with Gasteiger partial charge in [0.1, 0.15) is 6.04 Å². The molecule has 2 rings (SSSR count). The van der Waals surface area contributed by atoms with Crippen LogP contribution in [0.15, 0.2) is 24.3 Å². The van der Waals surface area contributed by atoms with Gasteiger partial charge in [-0.1, -0.05) is 17.7 Å². The summed E-state index contributed by atoms with van der Waals surface area (Å²) in [6, 6.07) is 6.05. The first-order valence-electron chi connectivity index (χ1n) is 7.86. The second-order valence-corrected chi connectivity index (χ2v) is 5.68. The summed E-state index contributed by atoms with van der Waals surface area (Å²) in [5.74, 6) is -1.78. The Labute approximate surface area is 140 Å². The standard InChI is InChI=1S/C17H22N2O5/c1-4-24-17(23)15(21)14-16(22)19(10-9-18(14)12(3)20)13-7-5-11(2)6-8-13/h5-8,14-15,21H,4,9-10H2,1-3H3. The van der Waals surface area contributed by atoms with Gasteiger partial charge < -0.3 is 19.6 Å². The van der Waals surface area contributed by atoms with E-state index in [0.29, 0.717) is 12.2 Å². The molecule has 1 N–H and O–H groups in total. The molecule has 1 heterocycles. The van der Waals surface area contributed by atoms with E-state index in [9.17, 15) is 19.5 Å². The summed E-state index contributed by atoms with van der Waals surface area (Å²) < 4.78 is 4.79. The van der Waals surface area contributed by atoms with E-state index in [0.717, 1.165) is 5.56 Å². The number of carbonyl (C=O) groups excluding carboxylic acids is 3. The lowest BCUT2D eigenvalue weighted by Gasteiger charge is -2.41. The summed E-state index contributed by atoms with van der Waals surface area (Å²) in [7, 11) is 0. The normalized spacial score (nSPS) is 19.2. The third-order valence-electron chi connectivity index (χ3n) is 4.00. The highest BCUT2D eigenvalue weighted by atomic mass is 16.5. The van der Waals surface area contributed by atoms with Gasteiger partial charge in [0.2, 0.25) is 5.91 Å². The molecule has 7 nitrogen and oxygen atoms in total. The predicted octanol–water partition coefficient (Wildman–Crippen LogP) is 0.483. The van der Waals surface area contributed by atoms with Crippen LogP contribution in [0.1, 0.15) is 19.4 Å². The molecule has 1 fully saturated rings. The van der Waals surface area contributed by atoms with Crippen molar-refractivity contribution in [3.63, 3.8) is 0 Å². The molecular weight excluding hydrogens is 312 g/mol. The molecule has 2 atom stereocenters. The highest BCUT2D eigenvalue weighted by Crippen LogP contribution is 2.23. The molecule has 1 aliphatic heterocycles. The Morgan fingerprint density at radius 1 is 1.29 bits per heavy atom. The lowest BCUT2D eigenvalue weighted by molar-refractivity contribution is -0.163. The van der Waals surface area contributed by atoms with Crippen LogP contribution in [0, 0.1) is 6.92 Å². The fourth-order valence-electron chi connectivity index (χ4n) is 2.75. The summed E-state index contributed by atoms with van der Waals surface area (Å²) in [5.41, 5.74) is 1.71. The van der Waals surface area contributed by atoms with Crippen molar-refractivity contribution < 1.29 is 24.2 Å². The molecule has 1 aliphatic rings. The van der Waals surface area contributed by atoms with E-state index in [2.05, 4.69) is 0 Å². The Bertz CT molecular complexity index is 628. The first-order chi connectivity index (χ1) is 11.4. The number of piperazine rings is 1. The van der Waals surface area contributed by atoms with E-state index in [1.54, 1.807) is 19.1 Å². The summed E-state index contributed by atoms with van der Waals surface area (Å²) in [5, 5.41) is 10.3. The highest BCUT2D eigenvalue weighted by Gasteiger charge is 2.44. The number of anilines is 1. The molecule has 7 heteroatoms. The van der Waals surface area contributed by atoms with Gasteiger partial charge in [0.25, 0.3) is 5.91 Å². The molecule has 0 aromatic heterocycles. The number of hydrogen-bond acceptors (Lipinski definition) is 5. The highest BCUT2D eigenvalue weighted by molar-refractivity contribution is 6.03. The Kier molecular flexibility index (Phi) is 5.56. The van der Waals surface area contributed by atoms with Crippen LogP contribution in [0.5, 0.6) is 0 Å². The zero-order valence-corrected chi connectivity index (χ0v) is 14.1. The van der Waals surface area contributed by atoms with Gasteiger partial charge in [0.15, 0.2) is 6.10 Å². The third kappa shape index (κ3) is 3.56. The Hall–Kier alpha value is -2.41. The molecule has 0 saturated carbocycles. The third-order valence-corrected chi connectivity index (χ3v) is 4.00. The van der Waals surface area contributed by atoms with Crippen molar-refractivity contribution in [3.05, 3.63) is 29.8 Å². The molecule has 1 saturated heterocycles. The SMILES string of the molecule is CCOC(=O)C(O)C1C(=O)N(c2ccc(C)cc2)CCN1C(C)=O. The van der Waals surface area contributed by atoms with Gasteiger partial charge in [0.05, 0.1) is 6.61 Å². The van der Waals surface area contributed by atoms with Crippen LogP contribution in [0.4, 0.5) is 5.69 Å². The second-order valence-electron chi connectivity index (χ2n) is 5.68. The van der Waals surface area contributed by atoms with Crippen molar-refractivity contribution in [3.8, 4) is 0 Å². The van der Waals surface area contributed by atoms with Gasteiger partial charge in [0, 0.05) is 25.7 Å². The maximum Gasteiger partial charge on any atom is 0.337 e. The van der Waals surface area contributed by atoms with Crippen molar-refractivity contribution in [2.24, 2.45) is 0 Å². The predicted molar refractivity (Wildman–Crippen MR) is 87.3 cm³/mol. The minimum absolute atomic E-state index is 0.0819. The zero-order chi connectivity index (χ0) is 17.9. The molecule has 0 radical (unpaired) electrons. The first kappa shape index (κ1) is 17.9. The molecule has 0 bridgehead atoms. The summed E-state index contributed by atoms with van der Waals surface area (Å²) >= 11 is 0. The molecule has 2 unspecified atom stereocenters. The number of rotatable bonds is 4. The molecule has 0 aliphatic carbocycles. The molecule has 1 aromatic carbocycles. The summed E-state index contributed by atoms with van der Waals surface area (Å²) in [6.45, 7) is 5.46. The van der Waals surface area contributed by atoms with Crippen molar-refractivity contribution in [1.82, 2.24) is 4.90 Å². The quantitative estimate of drug-likeness (QED) is 0.810. The Balaban J connectivity index is 2.31. The van der Waals surface area contributed by atoms with Crippen molar-refractivity contribution in [2.75, 3.05) is 24.6 Å². The largest absolute Gasteiger partial charge is 0.464 e. The van der Waals surface area contributed by atoms with Gasteiger partial charge in [-0.3, -0.25) is 9.59 Å². The fraction of sp³-hybridized carbons (Fsp3) is 0.471. The topological polar surface area (TPSA) is 87.2 Å². The number of benzene rings is 1. The van der Waals surface area contributed by atoms with E-state index in [1.807, 2.05) is 19.1 Å². The van der Waals surface area contributed by atoms with E-state index < -0.39 is 24.0 Å². The molecule has 1 aromatic rings. The van der Waals surface area contributed by atoms with E-state index in [1.165, 1.54) is 16.7 Å². The second kappa shape index (κ2) is 7.44. The Morgan fingerprint density at radius 3 is 2.46 bits per heavy atom. The number of hydrogen-bond donors (Lipinski definition) is 1. The van der Waals surface area contributed by atoms with Crippen LogP contribution >= 0.6 is 0 Å². The molecule has 24 heavy (non-hydrogen) atoms. The van der Waals surface area contributed by atoms with Crippen LogP contribution in [-0.2, 0) is 19.1 Å². The zero-order valence-electron chi connectivity index (χ0n) is 14.1. The number of esters is 1. The van der Waals surface area contributed by atoms with E-state index in [4.69, 9.17) is 4.74 Å². The monoisotopic (exact) mass is 334 g/mol. The summed E-state index contributed by atoms with van der Waals surface area (Å²) in [4.78, 5) is 39.2. The van der Waals surface area contributed by atoms with Crippen LogP contribution in [0.25, 0.3) is 0 Å². The molecule has 130 valence electrons. The van der Waals surface area contributed by atoms with Gasteiger partial charge >= 0.3 is 5.97 Å². The van der Waals surface area contributed by atoms with Crippen molar-refractivity contribution in [1.29, 1.82) is 0 Å². The van der Waals surface area contributed by atoms with Crippen LogP contribution < -0.4 is 4.90 Å². The van der Waals surface area contributed by atoms with E-state index >= 15 is 0 Å². The number of amides is 2. The minimum Gasteiger partial charge on any atom is -0.464 e. The number of aryl methyl sites for hydroxylation is 1. The van der Waals surface area contributed by atoms with Crippen LogP contribution in [-0.4, -0.2) is 59.6 Å². The first-order valence-corrected chi connectivity index (χ1v) is 7.86. The number of carbonyl (C=O) groups is 3. The molecular formula is C17H22N2O5. The average Bonchev–Trinajstić information content (AvgIpc) is 2.55. The lowest BCUT2D eigenvalue weighted by atomic mass is 10.0. The maximum absolute atomic E-state index is 12.8. The smallest absolute Gasteiger partial charge is 0.337 e.